The zero-order chi connectivity index (χ0) is 19.4. The largest absolute Gasteiger partial charge is 0.240 e. The Bertz CT molecular complexity index is 884. The molecule has 4 aliphatic carbocycles. The molecule has 0 radical (unpaired) electrons. The summed E-state index contributed by atoms with van der Waals surface area (Å²) in [6.45, 7) is 2.07. The molecule has 4 saturated carbocycles. The fraction of sp³-hybridized carbons (Fsp3) is 0.700. The van der Waals surface area contributed by atoms with E-state index in [-0.39, 0.29) is 21.2 Å². The molecule has 150 valence electrons. The van der Waals surface area contributed by atoms with Gasteiger partial charge in [-0.25, -0.2) is 21.6 Å². The maximum Gasteiger partial charge on any atom is 0.240 e. The predicted octanol–water partition coefficient (Wildman–Crippen LogP) is 3.36. The van der Waals surface area contributed by atoms with Crippen LogP contribution >= 0.6 is 0 Å². The summed E-state index contributed by atoms with van der Waals surface area (Å²) in [5.74, 6) is 2.30. The number of sulfonamides is 1. The quantitative estimate of drug-likeness (QED) is 0.778. The molecule has 27 heavy (non-hydrogen) atoms. The zero-order valence-electron chi connectivity index (χ0n) is 16.0. The highest BCUT2D eigenvalue weighted by Gasteiger charge is 2.54. The minimum absolute atomic E-state index is 0.0505. The molecule has 7 heteroatoms. The SMILES string of the molecule is CC[C@@H](NS(=O)(=O)c1ccc(S(C)(=O)=O)cc1)C12CC3CC(CC(C3)C1)C2. The van der Waals surface area contributed by atoms with Gasteiger partial charge in [0.2, 0.25) is 10.0 Å². The van der Waals surface area contributed by atoms with E-state index < -0.39 is 19.9 Å². The first-order chi connectivity index (χ1) is 12.6. The molecule has 1 aromatic carbocycles. The van der Waals surface area contributed by atoms with Crippen molar-refractivity contribution in [2.24, 2.45) is 23.2 Å². The van der Waals surface area contributed by atoms with E-state index in [2.05, 4.69) is 11.6 Å². The van der Waals surface area contributed by atoms with Crippen LogP contribution in [0.25, 0.3) is 0 Å². The van der Waals surface area contributed by atoms with Crippen molar-refractivity contribution in [1.82, 2.24) is 4.72 Å². The number of sulfone groups is 1. The molecule has 1 aromatic rings. The summed E-state index contributed by atoms with van der Waals surface area (Å²) in [5.41, 5.74) is 0.100. The first-order valence-corrected chi connectivity index (χ1v) is 13.3. The van der Waals surface area contributed by atoms with E-state index in [9.17, 15) is 16.8 Å². The van der Waals surface area contributed by atoms with Crippen LogP contribution in [0, 0.1) is 23.2 Å². The Labute approximate surface area is 162 Å². The molecule has 4 fully saturated rings. The van der Waals surface area contributed by atoms with Crippen LogP contribution in [0.3, 0.4) is 0 Å². The zero-order valence-corrected chi connectivity index (χ0v) is 17.7. The average molecular weight is 412 g/mol. The number of rotatable bonds is 6. The van der Waals surface area contributed by atoms with Crippen molar-refractivity contribution in [2.45, 2.75) is 67.7 Å². The van der Waals surface area contributed by atoms with E-state index in [4.69, 9.17) is 0 Å². The molecular formula is C20H29NO4S2. The number of hydrogen-bond donors (Lipinski definition) is 1. The van der Waals surface area contributed by atoms with Gasteiger partial charge in [-0.1, -0.05) is 6.92 Å². The third-order valence-corrected chi connectivity index (χ3v) is 9.71. The minimum Gasteiger partial charge on any atom is -0.224 e. The van der Waals surface area contributed by atoms with E-state index in [0.29, 0.717) is 0 Å². The smallest absolute Gasteiger partial charge is 0.224 e. The Morgan fingerprint density at radius 3 is 1.78 bits per heavy atom. The van der Waals surface area contributed by atoms with Crippen molar-refractivity contribution in [3.8, 4) is 0 Å². The molecule has 0 amide bonds. The lowest BCUT2D eigenvalue weighted by molar-refractivity contribution is -0.0704. The van der Waals surface area contributed by atoms with Gasteiger partial charge >= 0.3 is 0 Å². The summed E-state index contributed by atoms with van der Waals surface area (Å²) < 4.78 is 52.2. The van der Waals surface area contributed by atoms with Gasteiger partial charge in [-0.05, 0) is 92.4 Å². The molecule has 0 heterocycles. The van der Waals surface area contributed by atoms with Crippen LogP contribution in [0.15, 0.2) is 34.1 Å². The molecule has 4 bridgehead atoms. The number of benzene rings is 1. The highest BCUT2D eigenvalue weighted by atomic mass is 32.2. The van der Waals surface area contributed by atoms with Crippen LogP contribution < -0.4 is 4.72 Å². The summed E-state index contributed by atoms with van der Waals surface area (Å²) in [4.78, 5) is 0.271. The lowest BCUT2D eigenvalue weighted by atomic mass is 9.47. The summed E-state index contributed by atoms with van der Waals surface area (Å²) in [5, 5.41) is 0. The Balaban J connectivity index is 1.58. The summed E-state index contributed by atoms with van der Waals surface area (Å²) >= 11 is 0. The molecule has 0 aliphatic heterocycles. The molecule has 0 unspecified atom stereocenters. The Hall–Kier alpha value is -0.920. The van der Waals surface area contributed by atoms with E-state index >= 15 is 0 Å². The highest BCUT2D eigenvalue weighted by Crippen LogP contribution is 2.61. The van der Waals surface area contributed by atoms with Crippen LogP contribution in [0.5, 0.6) is 0 Å². The predicted molar refractivity (Wildman–Crippen MR) is 105 cm³/mol. The van der Waals surface area contributed by atoms with Crippen molar-refractivity contribution >= 4 is 19.9 Å². The molecule has 4 aliphatic rings. The number of hydrogen-bond acceptors (Lipinski definition) is 4. The first kappa shape index (κ1) is 19.4. The molecular weight excluding hydrogens is 382 g/mol. The van der Waals surface area contributed by atoms with Crippen LogP contribution in [0.2, 0.25) is 0 Å². The van der Waals surface area contributed by atoms with Gasteiger partial charge in [-0.3, -0.25) is 0 Å². The van der Waals surface area contributed by atoms with Crippen molar-refractivity contribution in [3.63, 3.8) is 0 Å². The second kappa shape index (κ2) is 6.56. The summed E-state index contributed by atoms with van der Waals surface area (Å²) in [6.07, 6.45) is 9.33. The molecule has 0 spiro atoms. The minimum atomic E-state index is -3.67. The van der Waals surface area contributed by atoms with Gasteiger partial charge in [-0.2, -0.15) is 0 Å². The fourth-order valence-electron chi connectivity index (χ4n) is 6.37. The average Bonchev–Trinajstić information content (AvgIpc) is 2.58. The van der Waals surface area contributed by atoms with Gasteiger partial charge in [-0.15, -0.1) is 0 Å². The third kappa shape index (κ3) is 3.58. The monoisotopic (exact) mass is 411 g/mol. The van der Waals surface area contributed by atoms with Gasteiger partial charge in [0, 0.05) is 12.3 Å². The maximum atomic E-state index is 13.0. The topological polar surface area (TPSA) is 80.3 Å². The Kier molecular flexibility index (Phi) is 4.71. The maximum absolute atomic E-state index is 13.0. The van der Waals surface area contributed by atoms with Gasteiger partial charge < -0.3 is 0 Å². The first-order valence-electron chi connectivity index (χ1n) is 9.94. The van der Waals surface area contributed by atoms with Gasteiger partial charge in [0.15, 0.2) is 9.84 Å². The van der Waals surface area contributed by atoms with E-state index in [1.54, 1.807) is 0 Å². The number of nitrogens with one attached hydrogen (secondary N) is 1. The third-order valence-electron chi connectivity index (χ3n) is 7.09. The van der Waals surface area contributed by atoms with Gasteiger partial charge in [0.1, 0.15) is 0 Å². The summed E-state index contributed by atoms with van der Waals surface area (Å²) in [7, 11) is -7.01. The lowest BCUT2D eigenvalue weighted by Crippen LogP contribution is -2.56. The van der Waals surface area contributed by atoms with Crippen molar-refractivity contribution in [1.29, 1.82) is 0 Å². The van der Waals surface area contributed by atoms with Crippen LogP contribution in [-0.2, 0) is 19.9 Å². The van der Waals surface area contributed by atoms with Crippen LogP contribution in [0.4, 0.5) is 0 Å². The van der Waals surface area contributed by atoms with Crippen molar-refractivity contribution < 1.29 is 16.8 Å². The molecule has 0 saturated heterocycles. The van der Waals surface area contributed by atoms with Gasteiger partial charge in [0.05, 0.1) is 9.79 Å². The molecule has 5 nitrogen and oxygen atoms in total. The molecule has 0 aromatic heterocycles. The van der Waals surface area contributed by atoms with Crippen molar-refractivity contribution in [3.05, 3.63) is 24.3 Å². The second-order valence-electron chi connectivity index (χ2n) is 9.11. The van der Waals surface area contributed by atoms with E-state index in [1.165, 1.54) is 43.5 Å². The Morgan fingerprint density at radius 1 is 0.926 bits per heavy atom. The van der Waals surface area contributed by atoms with E-state index in [1.807, 2.05) is 0 Å². The standard InChI is InChI=1S/C20H29NO4S2/c1-3-19(20-11-14-8-15(12-20)10-16(9-14)13-20)21-27(24,25)18-6-4-17(5-7-18)26(2,22)23/h4-7,14-16,19,21H,3,8-13H2,1-2H3/t14?,15?,16?,19-,20?/m1/s1. The van der Waals surface area contributed by atoms with Crippen LogP contribution in [0.1, 0.15) is 51.9 Å². The normalized spacial score (nSPS) is 33.9. The highest BCUT2D eigenvalue weighted by molar-refractivity contribution is 7.90. The molecule has 5 rings (SSSR count). The summed E-state index contributed by atoms with van der Waals surface area (Å²) in [6, 6.07) is 5.48. The molecule has 1 N–H and O–H groups in total. The second-order valence-corrected chi connectivity index (χ2v) is 12.8. The van der Waals surface area contributed by atoms with Gasteiger partial charge in [0.25, 0.3) is 0 Å². The van der Waals surface area contributed by atoms with Crippen molar-refractivity contribution in [2.75, 3.05) is 6.26 Å². The van der Waals surface area contributed by atoms with E-state index in [0.717, 1.165) is 49.7 Å². The van der Waals surface area contributed by atoms with Crippen LogP contribution in [-0.4, -0.2) is 29.1 Å². The Morgan fingerprint density at radius 2 is 1.37 bits per heavy atom. The molecule has 1 atom stereocenters. The lowest BCUT2D eigenvalue weighted by Gasteiger charge is -2.59. The fourth-order valence-corrected chi connectivity index (χ4v) is 8.42.